The first-order chi connectivity index (χ1) is 12.1. The molecule has 7 nitrogen and oxygen atoms in total. The number of carbonyl (C=O) groups is 3. The Balaban J connectivity index is 2.03. The van der Waals surface area contributed by atoms with Gasteiger partial charge in [0.25, 0.3) is 5.91 Å². The lowest BCUT2D eigenvalue weighted by molar-refractivity contribution is -0.158. The number of hydrogen-bond donors (Lipinski definition) is 2. The van der Waals surface area contributed by atoms with Crippen molar-refractivity contribution in [1.82, 2.24) is 10.6 Å². The molecule has 0 saturated carbocycles. The Hall–Kier alpha value is -3.35. The molecule has 0 aliphatic heterocycles. The van der Waals surface area contributed by atoms with Crippen LogP contribution in [0.15, 0.2) is 60.7 Å². The van der Waals surface area contributed by atoms with Gasteiger partial charge in [-0.15, -0.1) is 0 Å². The minimum atomic E-state index is -1.26. The summed E-state index contributed by atoms with van der Waals surface area (Å²) >= 11 is 0. The van der Waals surface area contributed by atoms with E-state index in [-0.39, 0.29) is 6.61 Å². The molecule has 0 radical (unpaired) electrons. The molecule has 25 heavy (non-hydrogen) atoms. The average molecular weight is 342 g/mol. The molecule has 0 heterocycles. The summed E-state index contributed by atoms with van der Waals surface area (Å²) in [5.41, 5.74) is 0.442. The van der Waals surface area contributed by atoms with Crippen molar-refractivity contribution in [3.8, 4) is 5.75 Å². The molecule has 1 atom stereocenters. The molecule has 0 fully saturated rings. The summed E-state index contributed by atoms with van der Waals surface area (Å²) in [5.74, 6) is -0.978. The van der Waals surface area contributed by atoms with Crippen LogP contribution in [-0.4, -0.2) is 31.6 Å². The van der Waals surface area contributed by atoms with Crippen LogP contribution in [0.2, 0.25) is 0 Å². The summed E-state index contributed by atoms with van der Waals surface area (Å²) in [5, 5.41) is 4.37. The third-order valence-electron chi connectivity index (χ3n) is 3.15. The molecule has 0 spiro atoms. The van der Waals surface area contributed by atoms with Crippen molar-refractivity contribution in [3.05, 3.63) is 66.2 Å². The number of imide groups is 1. The zero-order valence-corrected chi connectivity index (χ0v) is 13.6. The fourth-order valence-corrected chi connectivity index (χ4v) is 1.97. The third kappa shape index (κ3) is 5.65. The van der Waals surface area contributed by atoms with Crippen LogP contribution in [-0.2, 0) is 14.3 Å². The van der Waals surface area contributed by atoms with Crippen LogP contribution >= 0.6 is 0 Å². The molecule has 0 unspecified atom stereocenters. The Labute approximate surface area is 144 Å². The lowest BCUT2D eigenvalue weighted by atomic mass is 10.1. The fourth-order valence-electron chi connectivity index (χ4n) is 1.97. The molecule has 0 bridgehead atoms. The van der Waals surface area contributed by atoms with Crippen molar-refractivity contribution in [2.45, 2.75) is 6.10 Å². The first-order valence-corrected chi connectivity index (χ1v) is 7.55. The zero-order chi connectivity index (χ0) is 18.1. The van der Waals surface area contributed by atoms with Crippen molar-refractivity contribution in [3.63, 3.8) is 0 Å². The van der Waals surface area contributed by atoms with Gasteiger partial charge in [0.2, 0.25) is 6.10 Å². The number of nitrogens with one attached hydrogen (secondary N) is 2. The molecular formula is C18H18N2O5. The Kier molecular flexibility index (Phi) is 6.53. The van der Waals surface area contributed by atoms with E-state index in [4.69, 9.17) is 9.47 Å². The first-order valence-electron chi connectivity index (χ1n) is 7.55. The second-order valence-corrected chi connectivity index (χ2v) is 4.95. The summed E-state index contributed by atoms with van der Waals surface area (Å²) in [6, 6.07) is 16.5. The standard InChI is InChI=1S/C18H18N2O5/c1-19-18(23)20-17(22)16(13-8-4-2-5-9-13)25-15(21)12-24-14-10-6-3-7-11-14/h2-11,16H,12H2,1H3,(H2,19,20,22,23)/t16-/m1/s1. The molecule has 7 heteroatoms. The number of benzene rings is 2. The molecule has 0 aliphatic carbocycles. The molecular weight excluding hydrogens is 324 g/mol. The van der Waals surface area contributed by atoms with Crippen molar-refractivity contribution in [2.75, 3.05) is 13.7 Å². The summed E-state index contributed by atoms with van der Waals surface area (Å²) in [7, 11) is 1.37. The van der Waals surface area contributed by atoms with Crippen LogP contribution in [0.1, 0.15) is 11.7 Å². The Morgan fingerprint density at radius 1 is 0.960 bits per heavy atom. The van der Waals surface area contributed by atoms with Crippen LogP contribution < -0.4 is 15.4 Å². The molecule has 130 valence electrons. The lowest BCUT2D eigenvalue weighted by Gasteiger charge is -2.17. The van der Waals surface area contributed by atoms with Crippen LogP contribution in [0.3, 0.4) is 0 Å². The highest BCUT2D eigenvalue weighted by molar-refractivity contribution is 5.97. The van der Waals surface area contributed by atoms with Gasteiger partial charge in [0, 0.05) is 12.6 Å². The molecule has 2 N–H and O–H groups in total. The van der Waals surface area contributed by atoms with Gasteiger partial charge in [0.05, 0.1) is 0 Å². The first kappa shape index (κ1) is 18.0. The average Bonchev–Trinajstić information content (AvgIpc) is 2.65. The minimum absolute atomic E-state index is 0.361. The van der Waals surface area contributed by atoms with Gasteiger partial charge in [-0.05, 0) is 12.1 Å². The third-order valence-corrected chi connectivity index (χ3v) is 3.15. The molecule has 2 rings (SSSR count). The Morgan fingerprint density at radius 3 is 2.16 bits per heavy atom. The van der Waals surface area contributed by atoms with Crippen LogP contribution in [0.25, 0.3) is 0 Å². The van der Waals surface area contributed by atoms with E-state index in [2.05, 4.69) is 10.6 Å². The number of carbonyl (C=O) groups excluding carboxylic acids is 3. The maximum atomic E-state index is 12.2. The summed E-state index contributed by atoms with van der Waals surface area (Å²) in [6.45, 7) is -0.361. The highest BCUT2D eigenvalue weighted by Gasteiger charge is 2.26. The molecule has 0 aliphatic rings. The largest absolute Gasteiger partial charge is 0.482 e. The lowest BCUT2D eigenvalue weighted by Crippen LogP contribution is -2.41. The van der Waals surface area contributed by atoms with Crippen LogP contribution in [0.4, 0.5) is 4.79 Å². The second kappa shape index (κ2) is 9.07. The smallest absolute Gasteiger partial charge is 0.345 e. The Bertz CT molecular complexity index is 719. The van der Waals surface area contributed by atoms with E-state index in [1.165, 1.54) is 7.05 Å². The van der Waals surface area contributed by atoms with Crippen LogP contribution in [0.5, 0.6) is 5.75 Å². The number of urea groups is 1. The molecule has 2 aromatic rings. The predicted octanol–water partition coefficient (Wildman–Crippen LogP) is 1.81. The fraction of sp³-hybridized carbons (Fsp3) is 0.167. The van der Waals surface area contributed by atoms with E-state index in [9.17, 15) is 14.4 Å². The maximum absolute atomic E-state index is 12.2. The highest BCUT2D eigenvalue weighted by Crippen LogP contribution is 2.18. The minimum Gasteiger partial charge on any atom is -0.482 e. The summed E-state index contributed by atoms with van der Waals surface area (Å²) in [6.07, 6.45) is -1.26. The van der Waals surface area contributed by atoms with Crippen LogP contribution in [0, 0.1) is 0 Å². The maximum Gasteiger partial charge on any atom is 0.345 e. The van der Waals surface area contributed by atoms with Crippen molar-refractivity contribution in [1.29, 1.82) is 0 Å². The second-order valence-electron chi connectivity index (χ2n) is 4.95. The Morgan fingerprint density at radius 2 is 1.56 bits per heavy atom. The van der Waals surface area contributed by atoms with Gasteiger partial charge in [-0.25, -0.2) is 9.59 Å². The summed E-state index contributed by atoms with van der Waals surface area (Å²) in [4.78, 5) is 35.6. The van der Waals surface area contributed by atoms with Gasteiger partial charge in [-0.1, -0.05) is 48.5 Å². The van der Waals surface area contributed by atoms with E-state index in [0.29, 0.717) is 11.3 Å². The van der Waals surface area contributed by atoms with E-state index >= 15 is 0 Å². The van der Waals surface area contributed by atoms with Crippen molar-refractivity contribution >= 4 is 17.9 Å². The predicted molar refractivity (Wildman–Crippen MR) is 89.8 cm³/mol. The zero-order valence-electron chi connectivity index (χ0n) is 13.6. The number of esters is 1. The van der Waals surface area contributed by atoms with E-state index < -0.39 is 24.0 Å². The molecule has 3 amide bonds. The van der Waals surface area contributed by atoms with Gasteiger partial charge < -0.3 is 14.8 Å². The number of amides is 3. The van der Waals surface area contributed by atoms with Gasteiger partial charge in [0.15, 0.2) is 6.61 Å². The number of para-hydroxylation sites is 1. The molecule has 2 aromatic carbocycles. The molecule has 0 aromatic heterocycles. The number of ether oxygens (including phenoxy) is 2. The SMILES string of the molecule is CNC(=O)NC(=O)[C@H](OC(=O)COc1ccccc1)c1ccccc1. The summed E-state index contributed by atoms with van der Waals surface area (Å²) < 4.78 is 10.5. The van der Waals surface area contributed by atoms with E-state index in [1.807, 2.05) is 6.07 Å². The van der Waals surface area contributed by atoms with Gasteiger partial charge in [-0.3, -0.25) is 10.1 Å². The quantitative estimate of drug-likeness (QED) is 0.781. The topological polar surface area (TPSA) is 93.7 Å². The van der Waals surface area contributed by atoms with Gasteiger partial charge in [-0.2, -0.15) is 0 Å². The molecule has 0 saturated heterocycles. The van der Waals surface area contributed by atoms with E-state index in [1.54, 1.807) is 54.6 Å². The number of rotatable bonds is 6. The highest BCUT2D eigenvalue weighted by atomic mass is 16.6. The van der Waals surface area contributed by atoms with Crippen molar-refractivity contribution in [2.24, 2.45) is 0 Å². The van der Waals surface area contributed by atoms with Crippen molar-refractivity contribution < 1.29 is 23.9 Å². The normalized spacial score (nSPS) is 11.1. The number of hydrogen-bond acceptors (Lipinski definition) is 5. The van der Waals surface area contributed by atoms with Gasteiger partial charge >= 0.3 is 12.0 Å². The van der Waals surface area contributed by atoms with E-state index in [0.717, 1.165) is 0 Å². The monoisotopic (exact) mass is 342 g/mol. The van der Waals surface area contributed by atoms with Gasteiger partial charge in [0.1, 0.15) is 5.75 Å².